The molecule has 0 unspecified atom stereocenters. The lowest BCUT2D eigenvalue weighted by molar-refractivity contribution is -0.137. The van der Waals surface area contributed by atoms with Crippen LogP contribution in [0.5, 0.6) is 0 Å². The SMILES string of the molecule is CC(C)CNC(=O)c1cnn(CC(=O)O)c1. The van der Waals surface area contributed by atoms with Crippen LogP contribution in [0.1, 0.15) is 24.2 Å². The maximum absolute atomic E-state index is 11.5. The normalized spacial score (nSPS) is 10.4. The highest BCUT2D eigenvalue weighted by atomic mass is 16.4. The van der Waals surface area contributed by atoms with Crippen molar-refractivity contribution in [1.82, 2.24) is 15.1 Å². The summed E-state index contributed by atoms with van der Waals surface area (Å²) >= 11 is 0. The molecule has 0 bridgehead atoms. The number of aromatic nitrogens is 2. The number of carboxylic acid groups (broad SMARTS) is 1. The Morgan fingerprint density at radius 2 is 2.25 bits per heavy atom. The summed E-state index contributed by atoms with van der Waals surface area (Å²) in [6.07, 6.45) is 2.78. The molecule has 0 aliphatic heterocycles. The number of rotatable bonds is 5. The van der Waals surface area contributed by atoms with Crippen molar-refractivity contribution in [3.05, 3.63) is 18.0 Å². The van der Waals surface area contributed by atoms with E-state index in [1.165, 1.54) is 17.1 Å². The zero-order chi connectivity index (χ0) is 12.1. The van der Waals surface area contributed by atoms with E-state index in [2.05, 4.69) is 10.4 Å². The van der Waals surface area contributed by atoms with Gasteiger partial charge in [-0.15, -0.1) is 0 Å². The Bertz CT molecular complexity index is 384. The molecule has 0 aliphatic rings. The van der Waals surface area contributed by atoms with Crippen LogP contribution in [0.3, 0.4) is 0 Å². The van der Waals surface area contributed by atoms with Crippen LogP contribution in [0.4, 0.5) is 0 Å². The van der Waals surface area contributed by atoms with Gasteiger partial charge in [0, 0.05) is 12.7 Å². The molecular weight excluding hydrogens is 210 g/mol. The Labute approximate surface area is 93.3 Å². The van der Waals surface area contributed by atoms with Crippen LogP contribution >= 0.6 is 0 Å². The van der Waals surface area contributed by atoms with Crippen LogP contribution in [-0.4, -0.2) is 33.3 Å². The molecule has 0 saturated heterocycles. The first-order chi connectivity index (χ1) is 7.49. The molecular formula is C10H15N3O3. The van der Waals surface area contributed by atoms with Crippen molar-refractivity contribution in [2.24, 2.45) is 5.92 Å². The Kier molecular flexibility index (Phi) is 4.04. The zero-order valence-corrected chi connectivity index (χ0v) is 9.30. The molecule has 0 atom stereocenters. The molecule has 1 rings (SSSR count). The molecule has 1 heterocycles. The van der Waals surface area contributed by atoms with Gasteiger partial charge in [0.15, 0.2) is 0 Å². The molecule has 6 nitrogen and oxygen atoms in total. The van der Waals surface area contributed by atoms with Gasteiger partial charge in [0.2, 0.25) is 0 Å². The van der Waals surface area contributed by atoms with E-state index in [1.807, 2.05) is 13.8 Å². The Hall–Kier alpha value is -1.85. The summed E-state index contributed by atoms with van der Waals surface area (Å²) in [5.41, 5.74) is 0.377. The Morgan fingerprint density at radius 3 is 2.81 bits per heavy atom. The predicted molar refractivity (Wildman–Crippen MR) is 57.0 cm³/mol. The second kappa shape index (κ2) is 5.29. The first-order valence-electron chi connectivity index (χ1n) is 5.01. The van der Waals surface area contributed by atoms with Crippen LogP contribution in [0.2, 0.25) is 0 Å². The number of carboxylic acids is 1. The average molecular weight is 225 g/mol. The van der Waals surface area contributed by atoms with Gasteiger partial charge in [0.1, 0.15) is 6.54 Å². The first-order valence-corrected chi connectivity index (χ1v) is 5.01. The summed E-state index contributed by atoms with van der Waals surface area (Å²) in [6.45, 7) is 4.34. The minimum absolute atomic E-state index is 0.231. The van der Waals surface area contributed by atoms with Crippen molar-refractivity contribution < 1.29 is 14.7 Å². The van der Waals surface area contributed by atoms with Crippen LogP contribution in [0.15, 0.2) is 12.4 Å². The average Bonchev–Trinajstić information content (AvgIpc) is 2.61. The summed E-state index contributed by atoms with van der Waals surface area (Å²) in [4.78, 5) is 21.9. The molecule has 88 valence electrons. The number of aliphatic carboxylic acids is 1. The maximum atomic E-state index is 11.5. The topological polar surface area (TPSA) is 84.2 Å². The Morgan fingerprint density at radius 1 is 1.56 bits per heavy atom. The van der Waals surface area contributed by atoms with Crippen molar-refractivity contribution in [3.8, 4) is 0 Å². The molecule has 0 spiro atoms. The van der Waals surface area contributed by atoms with E-state index < -0.39 is 5.97 Å². The van der Waals surface area contributed by atoms with Crippen LogP contribution in [0.25, 0.3) is 0 Å². The van der Waals surface area contributed by atoms with E-state index in [9.17, 15) is 9.59 Å². The molecule has 1 aromatic rings. The lowest BCUT2D eigenvalue weighted by atomic mass is 10.2. The van der Waals surface area contributed by atoms with E-state index in [0.29, 0.717) is 18.0 Å². The third-order valence-electron chi connectivity index (χ3n) is 1.86. The van der Waals surface area contributed by atoms with E-state index in [1.54, 1.807) is 0 Å². The third-order valence-corrected chi connectivity index (χ3v) is 1.86. The highest BCUT2D eigenvalue weighted by molar-refractivity contribution is 5.93. The summed E-state index contributed by atoms with van der Waals surface area (Å²) in [5, 5.41) is 15.0. The molecule has 1 amide bonds. The van der Waals surface area contributed by atoms with Crippen molar-refractivity contribution in [3.63, 3.8) is 0 Å². The summed E-state index contributed by atoms with van der Waals surface area (Å²) in [5.74, 6) is -0.847. The van der Waals surface area contributed by atoms with Crippen LogP contribution in [-0.2, 0) is 11.3 Å². The quantitative estimate of drug-likeness (QED) is 0.757. The van der Waals surface area contributed by atoms with Gasteiger partial charge in [0.05, 0.1) is 11.8 Å². The van der Waals surface area contributed by atoms with Gasteiger partial charge in [-0.25, -0.2) is 0 Å². The van der Waals surface area contributed by atoms with Gasteiger partial charge in [-0.2, -0.15) is 5.10 Å². The molecule has 0 aliphatic carbocycles. The minimum atomic E-state index is -0.989. The van der Waals surface area contributed by atoms with Crippen molar-refractivity contribution in [2.75, 3.05) is 6.54 Å². The largest absolute Gasteiger partial charge is 0.480 e. The fraction of sp³-hybridized carbons (Fsp3) is 0.500. The monoisotopic (exact) mass is 225 g/mol. The summed E-state index contributed by atoms with van der Waals surface area (Å²) < 4.78 is 1.21. The van der Waals surface area contributed by atoms with Crippen molar-refractivity contribution >= 4 is 11.9 Å². The van der Waals surface area contributed by atoms with Crippen molar-refractivity contribution in [1.29, 1.82) is 0 Å². The fourth-order valence-electron chi connectivity index (χ4n) is 1.10. The second-order valence-corrected chi connectivity index (χ2v) is 3.92. The molecule has 6 heteroatoms. The number of hydrogen-bond acceptors (Lipinski definition) is 3. The lowest BCUT2D eigenvalue weighted by Crippen LogP contribution is -2.26. The first kappa shape index (κ1) is 12.2. The van der Waals surface area contributed by atoms with Crippen LogP contribution in [0, 0.1) is 5.92 Å². The fourth-order valence-corrected chi connectivity index (χ4v) is 1.10. The van der Waals surface area contributed by atoms with E-state index >= 15 is 0 Å². The van der Waals surface area contributed by atoms with Gasteiger partial charge >= 0.3 is 5.97 Å². The number of carbonyl (C=O) groups is 2. The smallest absolute Gasteiger partial charge is 0.325 e. The minimum Gasteiger partial charge on any atom is -0.480 e. The van der Waals surface area contributed by atoms with E-state index in [-0.39, 0.29) is 12.5 Å². The van der Waals surface area contributed by atoms with Crippen LogP contribution < -0.4 is 5.32 Å². The highest BCUT2D eigenvalue weighted by Crippen LogP contribution is 1.98. The lowest BCUT2D eigenvalue weighted by Gasteiger charge is -2.05. The van der Waals surface area contributed by atoms with Gasteiger partial charge in [-0.3, -0.25) is 14.3 Å². The number of nitrogens with zero attached hydrogens (tertiary/aromatic N) is 2. The molecule has 0 saturated carbocycles. The number of hydrogen-bond donors (Lipinski definition) is 2. The summed E-state index contributed by atoms with van der Waals surface area (Å²) in [7, 11) is 0. The third kappa shape index (κ3) is 3.72. The predicted octanol–water partition coefficient (Wildman–Crippen LogP) is 0.353. The van der Waals surface area contributed by atoms with Gasteiger partial charge in [-0.1, -0.05) is 13.8 Å². The molecule has 16 heavy (non-hydrogen) atoms. The molecule has 1 aromatic heterocycles. The standard InChI is InChI=1S/C10H15N3O3/c1-7(2)3-11-10(16)8-4-12-13(5-8)6-9(14)15/h4-5,7H,3,6H2,1-2H3,(H,11,16)(H,14,15). The molecule has 0 aromatic carbocycles. The second-order valence-electron chi connectivity index (χ2n) is 3.92. The van der Waals surface area contributed by atoms with Gasteiger partial charge < -0.3 is 10.4 Å². The zero-order valence-electron chi connectivity index (χ0n) is 9.30. The molecule has 0 radical (unpaired) electrons. The van der Waals surface area contributed by atoms with E-state index in [4.69, 9.17) is 5.11 Å². The summed E-state index contributed by atoms with van der Waals surface area (Å²) in [6, 6.07) is 0. The number of amides is 1. The van der Waals surface area contributed by atoms with Gasteiger partial charge in [-0.05, 0) is 5.92 Å². The molecule has 0 fully saturated rings. The highest BCUT2D eigenvalue weighted by Gasteiger charge is 2.09. The number of nitrogens with one attached hydrogen (secondary N) is 1. The number of carbonyl (C=O) groups excluding carboxylic acids is 1. The van der Waals surface area contributed by atoms with E-state index in [0.717, 1.165) is 0 Å². The maximum Gasteiger partial charge on any atom is 0.325 e. The Balaban J connectivity index is 2.56. The van der Waals surface area contributed by atoms with Gasteiger partial charge in [0.25, 0.3) is 5.91 Å². The molecule has 2 N–H and O–H groups in total. The van der Waals surface area contributed by atoms with Crippen molar-refractivity contribution in [2.45, 2.75) is 20.4 Å².